The van der Waals surface area contributed by atoms with Crippen molar-refractivity contribution in [2.75, 3.05) is 6.26 Å². The highest BCUT2D eigenvalue weighted by Crippen LogP contribution is 2.17. The van der Waals surface area contributed by atoms with Crippen molar-refractivity contribution in [1.82, 2.24) is 24.6 Å². The highest BCUT2D eigenvalue weighted by Gasteiger charge is 2.04. The number of fused-ring (bicyclic) bond motifs is 1. The molecular weight excluding hydrogens is 234 g/mol. The first kappa shape index (κ1) is 10.2. The number of thioether (sulfide) groups is 1. The van der Waals surface area contributed by atoms with E-state index >= 15 is 0 Å². The van der Waals surface area contributed by atoms with Crippen molar-refractivity contribution < 1.29 is 0 Å². The Morgan fingerprint density at radius 3 is 2.82 bits per heavy atom. The Bertz CT molecular complexity index is 664. The molecule has 0 N–H and O–H groups in total. The van der Waals surface area contributed by atoms with Crippen LogP contribution in [0.25, 0.3) is 17.0 Å². The van der Waals surface area contributed by atoms with Crippen LogP contribution in [0, 0.1) is 0 Å². The van der Waals surface area contributed by atoms with E-state index in [9.17, 15) is 0 Å². The Morgan fingerprint density at radius 2 is 1.94 bits per heavy atom. The quantitative estimate of drug-likeness (QED) is 0.508. The summed E-state index contributed by atoms with van der Waals surface area (Å²) >= 11 is 1.52. The lowest BCUT2D eigenvalue weighted by Gasteiger charge is -2.01. The molecule has 0 spiro atoms. The third kappa shape index (κ3) is 1.87. The normalized spacial score (nSPS) is 10.9. The summed E-state index contributed by atoms with van der Waals surface area (Å²) in [5.74, 6) is 0. The SMILES string of the molecule is CSc1nccc(-c2ccn3nccc3n2)n1. The second-order valence-corrected chi connectivity index (χ2v) is 4.15. The van der Waals surface area contributed by atoms with Gasteiger partial charge in [0.1, 0.15) is 0 Å². The fourth-order valence-corrected chi connectivity index (χ4v) is 1.89. The Morgan fingerprint density at radius 1 is 1.06 bits per heavy atom. The van der Waals surface area contributed by atoms with Gasteiger partial charge < -0.3 is 0 Å². The molecule has 0 saturated heterocycles. The van der Waals surface area contributed by atoms with Gasteiger partial charge in [0.05, 0.1) is 17.6 Å². The highest BCUT2D eigenvalue weighted by atomic mass is 32.2. The van der Waals surface area contributed by atoms with Crippen LogP contribution in [0.5, 0.6) is 0 Å². The Labute approximate surface area is 102 Å². The van der Waals surface area contributed by atoms with Gasteiger partial charge in [0.15, 0.2) is 10.8 Å². The van der Waals surface area contributed by atoms with Crippen molar-refractivity contribution in [2.45, 2.75) is 5.16 Å². The van der Waals surface area contributed by atoms with E-state index in [2.05, 4.69) is 20.1 Å². The minimum atomic E-state index is 0.748. The van der Waals surface area contributed by atoms with Crippen LogP contribution in [-0.4, -0.2) is 30.8 Å². The van der Waals surface area contributed by atoms with Gasteiger partial charge in [-0.1, -0.05) is 11.8 Å². The first-order chi connectivity index (χ1) is 8.36. The summed E-state index contributed by atoms with van der Waals surface area (Å²) in [7, 11) is 0. The summed E-state index contributed by atoms with van der Waals surface area (Å²) in [5, 5.41) is 4.85. The smallest absolute Gasteiger partial charge is 0.187 e. The summed E-state index contributed by atoms with van der Waals surface area (Å²) in [6.07, 6.45) is 7.29. The van der Waals surface area contributed by atoms with Gasteiger partial charge in [-0.05, 0) is 18.4 Å². The Hall–Kier alpha value is -1.95. The molecule has 0 fully saturated rings. The van der Waals surface area contributed by atoms with Crippen molar-refractivity contribution >= 4 is 17.4 Å². The second-order valence-electron chi connectivity index (χ2n) is 3.38. The van der Waals surface area contributed by atoms with E-state index in [1.165, 1.54) is 11.8 Å². The zero-order chi connectivity index (χ0) is 11.7. The van der Waals surface area contributed by atoms with Crippen LogP contribution in [0.3, 0.4) is 0 Å². The van der Waals surface area contributed by atoms with Gasteiger partial charge in [-0.3, -0.25) is 0 Å². The van der Waals surface area contributed by atoms with Crippen molar-refractivity contribution in [3.63, 3.8) is 0 Å². The molecule has 0 aliphatic rings. The van der Waals surface area contributed by atoms with Crippen LogP contribution in [0.4, 0.5) is 0 Å². The molecular formula is C11H9N5S. The van der Waals surface area contributed by atoms with Gasteiger partial charge in [-0.25, -0.2) is 19.5 Å². The van der Waals surface area contributed by atoms with E-state index in [4.69, 9.17) is 0 Å². The molecule has 0 aliphatic carbocycles. The molecule has 6 heteroatoms. The van der Waals surface area contributed by atoms with E-state index in [1.807, 2.05) is 30.7 Å². The lowest BCUT2D eigenvalue weighted by Crippen LogP contribution is -1.94. The summed E-state index contributed by atoms with van der Waals surface area (Å²) < 4.78 is 1.72. The molecule has 3 aromatic heterocycles. The van der Waals surface area contributed by atoms with Gasteiger partial charge in [-0.15, -0.1) is 0 Å². The van der Waals surface area contributed by atoms with Crippen molar-refractivity contribution in [3.8, 4) is 11.4 Å². The number of nitrogens with zero attached hydrogens (tertiary/aromatic N) is 5. The van der Waals surface area contributed by atoms with E-state index in [0.717, 1.165) is 22.2 Å². The maximum absolute atomic E-state index is 4.48. The summed E-state index contributed by atoms with van der Waals surface area (Å²) in [6.45, 7) is 0. The maximum atomic E-state index is 4.48. The van der Waals surface area contributed by atoms with Gasteiger partial charge in [-0.2, -0.15) is 5.10 Å². The lowest BCUT2D eigenvalue weighted by molar-refractivity contribution is 0.932. The largest absolute Gasteiger partial charge is 0.231 e. The summed E-state index contributed by atoms with van der Waals surface area (Å²) in [4.78, 5) is 13.0. The van der Waals surface area contributed by atoms with E-state index < -0.39 is 0 Å². The first-order valence-corrected chi connectivity index (χ1v) is 6.27. The Kier molecular flexibility index (Phi) is 2.49. The van der Waals surface area contributed by atoms with Crippen molar-refractivity contribution in [1.29, 1.82) is 0 Å². The fraction of sp³-hybridized carbons (Fsp3) is 0.0909. The van der Waals surface area contributed by atoms with Crippen LogP contribution in [-0.2, 0) is 0 Å². The number of rotatable bonds is 2. The predicted octanol–water partition coefficient (Wildman–Crippen LogP) is 1.91. The fourth-order valence-electron chi connectivity index (χ4n) is 1.54. The molecule has 3 heterocycles. The molecule has 0 amide bonds. The van der Waals surface area contributed by atoms with Crippen LogP contribution < -0.4 is 0 Å². The van der Waals surface area contributed by atoms with Crippen LogP contribution in [0.15, 0.2) is 41.9 Å². The van der Waals surface area contributed by atoms with Crippen LogP contribution >= 0.6 is 11.8 Å². The number of hydrogen-bond donors (Lipinski definition) is 0. The number of aromatic nitrogens is 5. The van der Waals surface area contributed by atoms with Crippen LogP contribution in [0.1, 0.15) is 0 Å². The zero-order valence-electron chi connectivity index (χ0n) is 9.11. The molecule has 0 atom stereocenters. The second kappa shape index (κ2) is 4.14. The van der Waals surface area contributed by atoms with Crippen molar-refractivity contribution in [3.05, 3.63) is 36.8 Å². The first-order valence-electron chi connectivity index (χ1n) is 5.04. The molecule has 17 heavy (non-hydrogen) atoms. The molecule has 5 nitrogen and oxygen atoms in total. The molecule has 0 bridgehead atoms. The molecule has 84 valence electrons. The average molecular weight is 243 g/mol. The van der Waals surface area contributed by atoms with Crippen LogP contribution in [0.2, 0.25) is 0 Å². The van der Waals surface area contributed by atoms with Gasteiger partial charge in [0.2, 0.25) is 0 Å². The molecule has 3 aromatic rings. The Balaban J connectivity index is 2.12. The average Bonchev–Trinajstić information content (AvgIpc) is 2.86. The topological polar surface area (TPSA) is 56.0 Å². The van der Waals surface area contributed by atoms with E-state index in [0.29, 0.717) is 0 Å². The summed E-state index contributed by atoms with van der Waals surface area (Å²) in [6, 6.07) is 5.61. The molecule has 0 saturated carbocycles. The minimum Gasteiger partial charge on any atom is -0.231 e. The zero-order valence-corrected chi connectivity index (χ0v) is 9.92. The summed E-state index contributed by atoms with van der Waals surface area (Å²) in [5.41, 5.74) is 2.47. The molecule has 0 aliphatic heterocycles. The highest BCUT2D eigenvalue weighted by molar-refractivity contribution is 7.98. The minimum absolute atomic E-state index is 0.748. The van der Waals surface area contributed by atoms with Gasteiger partial charge >= 0.3 is 0 Å². The number of hydrogen-bond acceptors (Lipinski definition) is 5. The van der Waals surface area contributed by atoms with Gasteiger partial charge in [0, 0.05) is 18.5 Å². The lowest BCUT2D eigenvalue weighted by atomic mass is 10.3. The molecule has 0 radical (unpaired) electrons. The standard InChI is InChI=1S/C11H9N5S/c1-17-11-12-5-2-8(15-11)9-4-7-16-10(14-9)3-6-13-16/h2-7H,1H3. The van der Waals surface area contributed by atoms with E-state index in [-0.39, 0.29) is 0 Å². The third-order valence-electron chi connectivity index (χ3n) is 2.34. The molecule has 0 aromatic carbocycles. The molecule has 0 unspecified atom stereocenters. The predicted molar refractivity (Wildman–Crippen MR) is 65.8 cm³/mol. The van der Waals surface area contributed by atoms with E-state index in [1.54, 1.807) is 16.9 Å². The van der Waals surface area contributed by atoms with Gasteiger partial charge in [0.25, 0.3) is 0 Å². The monoisotopic (exact) mass is 243 g/mol. The maximum Gasteiger partial charge on any atom is 0.187 e. The third-order valence-corrected chi connectivity index (χ3v) is 2.90. The van der Waals surface area contributed by atoms with Crippen molar-refractivity contribution in [2.24, 2.45) is 0 Å². The molecule has 3 rings (SSSR count).